The highest BCUT2D eigenvalue weighted by atomic mass is 19.1. The van der Waals surface area contributed by atoms with Crippen molar-refractivity contribution < 1.29 is 9.50 Å². The average Bonchev–Trinajstić information content (AvgIpc) is 1.95. The molecule has 0 saturated carbocycles. The summed E-state index contributed by atoms with van der Waals surface area (Å²) in [6, 6.07) is 0. The standard InChI is InChI=1S/C7H14FNO/c8-7-1-3-9(4-2-7)5-6-10/h7,10H,1-6H2. The number of alkyl halides is 1. The number of rotatable bonds is 2. The van der Waals surface area contributed by atoms with Crippen molar-refractivity contribution in [2.24, 2.45) is 0 Å². The zero-order chi connectivity index (χ0) is 7.40. The highest BCUT2D eigenvalue weighted by Gasteiger charge is 2.16. The molecule has 0 aliphatic carbocycles. The van der Waals surface area contributed by atoms with Gasteiger partial charge in [-0.15, -0.1) is 0 Å². The number of aliphatic hydroxyl groups is 1. The summed E-state index contributed by atoms with van der Waals surface area (Å²) in [5.41, 5.74) is 0. The fourth-order valence-electron chi connectivity index (χ4n) is 1.27. The number of aliphatic hydroxyl groups excluding tert-OH is 1. The summed E-state index contributed by atoms with van der Waals surface area (Å²) < 4.78 is 12.5. The van der Waals surface area contributed by atoms with E-state index in [0.29, 0.717) is 19.4 Å². The van der Waals surface area contributed by atoms with Crippen LogP contribution in [0.4, 0.5) is 4.39 Å². The molecule has 1 N–H and O–H groups in total. The second-order valence-corrected chi connectivity index (χ2v) is 2.74. The molecule has 2 nitrogen and oxygen atoms in total. The van der Waals surface area contributed by atoms with E-state index < -0.39 is 6.17 Å². The fraction of sp³-hybridized carbons (Fsp3) is 1.00. The van der Waals surface area contributed by atoms with Crippen molar-refractivity contribution in [2.75, 3.05) is 26.2 Å². The zero-order valence-corrected chi connectivity index (χ0v) is 6.09. The number of halogens is 1. The molecule has 1 heterocycles. The largest absolute Gasteiger partial charge is 0.395 e. The van der Waals surface area contributed by atoms with Gasteiger partial charge in [0, 0.05) is 19.6 Å². The van der Waals surface area contributed by atoms with Crippen molar-refractivity contribution in [3.63, 3.8) is 0 Å². The molecule has 0 aromatic rings. The highest BCUT2D eigenvalue weighted by Crippen LogP contribution is 2.11. The van der Waals surface area contributed by atoms with Crippen molar-refractivity contribution in [2.45, 2.75) is 19.0 Å². The van der Waals surface area contributed by atoms with Crippen LogP contribution in [0.5, 0.6) is 0 Å². The summed E-state index contributed by atoms with van der Waals surface area (Å²) in [6.45, 7) is 2.51. The molecule has 0 unspecified atom stereocenters. The van der Waals surface area contributed by atoms with Crippen LogP contribution < -0.4 is 0 Å². The predicted octanol–water partition coefficient (Wildman–Crippen LogP) is 0.413. The maximum atomic E-state index is 12.5. The van der Waals surface area contributed by atoms with Gasteiger partial charge in [0.05, 0.1) is 6.61 Å². The van der Waals surface area contributed by atoms with Crippen molar-refractivity contribution in [1.29, 1.82) is 0 Å². The van der Waals surface area contributed by atoms with E-state index >= 15 is 0 Å². The van der Waals surface area contributed by atoms with Crippen molar-refractivity contribution in [3.8, 4) is 0 Å². The molecule has 0 aromatic heterocycles. The van der Waals surface area contributed by atoms with E-state index in [1.54, 1.807) is 0 Å². The third-order valence-corrected chi connectivity index (χ3v) is 1.93. The Labute approximate surface area is 60.6 Å². The van der Waals surface area contributed by atoms with Gasteiger partial charge in [-0.1, -0.05) is 0 Å². The summed E-state index contributed by atoms with van der Waals surface area (Å²) in [5.74, 6) is 0. The Hall–Kier alpha value is -0.150. The van der Waals surface area contributed by atoms with Gasteiger partial charge in [0.25, 0.3) is 0 Å². The summed E-state index contributed by atoms with van der Waals surface area (Å²) in [6.07, 6.45) is 0.676. The third kappa shape index (κ3) is 2.23. The highest BCUT2D eigenvalue weighted by molar-refractivity contribution is 4.70. The average molecular weight is 147 g/mol. The molecule has 1 fully saturated rings. The SMILES string of the molecule is OCCN1CCC(F)CC1. The summed E-state index contributed by atoms with van der Waals surface area (Å²) in [5, 5.41) is 8.55. The topological polar surface area (TPSA) is 23.5 Å². The van der Waals surface area contributed by atoms with Gasteiger partial charge < -0.3 is 10.0 Å². The molecule has 0 aromatic carbocycles. The first-order valence-corrected chi connectivity index (χ1v) is 3.80. The molecule has 1 saturated heterocycles. The smallest absolute Gasteiger partial charge is 0.103 e. The van der Waals surface area contributed by atoms with Crippen LogP contribution in [0.1, 0.15) is 12.8 Å². The van der Waals surface area contributed by atoms with Gasteiger partial charge >= 0.3 is 0 Å². The van der Waals surface area contributed by atoms with Gasteiger partial charge in [0.1, 0.15) is 6.17 Å². The molecule has 1 rings (SSSR count). The molecule has 0 spiro atoms. The molecule has 0 bridgehead atoms. The monoisotopic (exact) mass is 147 g/mol. The second kappa shape index (κ2) is 3.88. The van der Waals surface area contributed by atoms with E-state index in [0.717, 1.165) is 13.1 Å². The molecule has 10 heavy (non-hydrogen) atoms. The maximum absolute atomic E-state index is 12.5. The van der Waals surface area contributed by atoms with E-state index in [-0.39, 0.29) is 6.61 Å². The molecule has 60 valence electrons. The van der Waals surface area contributed by atoms with Crippen LogP contribution in [0.25, 0.3) is 0 Å². The van der Waals surface area contributed by atoms with E-state index in [2.05, 4.69) is 4.90 Å². The number of hydrogen-bond acceptors (Lipinski definition) is 2. The Balaban J connectivity index is 2.13. The van der Waals surface area contributed by atoms with Crippen LogP contribution in [0.3, 0.4) is 0 Å². The predicted molar refractivity (Wildman–Crippen MR) is 37.7 cm³/mol. The van der Waals surface area contributed by atoms with Gasteiger partial charge in [-0.3, -0.25) is 0 Å². The Kier molecular flexibility index (Phi) is 3.09. The van der Waals surface area contributed by atoms with Gasteiger partial charge in [0.15, 0.2) is 0 Å². The first-order chi connectivity index (χ1) is 4.83. The number of hydrogen-bond donors (Lipinski definition) is 1. The molecule has 1 aliphatic rings. The third-order valence-electron chi connectivity index (χ3n) is 1.93. The van der Waals surface area contributed by atoms with Crippen LogP contribution in [0, 0.1) is 0 Å². The Morgan fingerprint density at radius 3 is 2.50 bits per heavy atom. The first kappa shape index (κ1) is 7.95. The van der Waals surface area contributed by atoms with E-state index in [4.69, 9.17) is 5.11 Å². The fourth-order valence-corrected chi connectivity index (χ4v) is 1.27. The lowest BCUT2D eigenvalue weighted by atomic mass is 10.1. The molecular weight excluding hydrogens is 133 g/mol. The van der Waals surface area contributed by atoms with Crippen molar-refractivity contribution in [1.82, 2.24) is 4.90 Å². The summed E-state index contributed by atoms with van der Waals surface area (Å²) in [4.78, 5) is 2.09. The van der Waals surface area contributed by atoms with Gasteiger partial charge in [-0.2, -0.15) is 0 Å². The molecule has 3 heteroatoms. The second-order valence-electron chi connectivity index (χ2n) is 2.74. The van der Waals surface area contributed by atoms with E-state index in [9.17, 15) is 4.39 Å². The van der Waals surface area contributed by atoms with Crippen LogP contribution in [0.15, 0.2) is 0 Å². The molecule has 1 aliphatic heterocycles. The van der Waals surface area contributed by atoms with Crippen LogP contribution >= 0.6 is 0 Å². The number of nitrogens with zero attached hydrogens (tertiary/aromatic N) is 1. The molecule has 0 atom stereocenters. The Morgan fingerprint density at radius 2 is 2.00 bits per heavy atom. The molecule has 0 amide bonds. The maximum Gasteiger partial charge on any atom is 0.103 e. The summed E-state index contributed by atoms with van der Waals surface area (Å²) >= 11 is 0. The molecule has 0 radical (unpaired) electrons. The van der Waals surface area contributed by atoms with Gasteiger partial charge in [-0.05, 0) is 12.8 Å². The number of likely N-dealkylation sites (tertiary alicyclic amines) is 1. The lowest BCUT2D eigenvalue weighted by molar-refractivity contribution is 0.127. The molecular formula is C7H14FNO. The minimum absolute atomic E-state index is 0.191. The van der Waals surface area contributed by atoms with E-state index in [1.807, 2.05) is 0 Å². The number of β-amino-alcohol motifs (C(OH)–C–C–N with tert-alkyl or cyclic N) is 1. The van der Waals surface area contributed by atoms with Gasteiger partial charge in [0.2, 0.25) is 0 Å². The Bertz CT molecular complexity index is 91.6. The van der Waals surface area contributed by atoms with Crippen molar-refractivity contribution in [3.05, 3.63) is 0 Å². The first-order valence-electron chi connectivity index (χ1n) is 3.80. The number of piperidine rings is 1. The lowest BCUT2D eigenvalue weighted by Gasteiger charge is -2.27. The minimum Gasteiger partial charge on any atom is -0.395 e. The summed E-state index contributed by atoms with van der Waals surface area (Å²) in [7, 11) is 0. The van der Waals surface area contributed by atoms with Gasteiger partial charge in [-0.25, -0.2) is 4.39 Å². The van der Waals surface area contributed by atoms with Crippen LogP contribution in [0.2, 0.25) is 0 Å². The van der Waals surface area contributed by atoms with E-state index in [1.165, 1.54) is 0 Å². The van der Waals surface area contributed by atoms with Crippen LogP contribution in [-0.2, 0) is 0 Å². The normalized spacial score (nSPS) is 23.4. The van der Waals surface area contributed by atoms with Crippen LogP contribution in [-0.4, -0.2) is 42.4 Å². The lowest BCUT2D eigenvalue weighted by Crippen LogP contribution is -2.36. The quantitative estimate of drug-likeness (QED) is 0.611. The van der Waals surface area contributed by atoms with Crippen molar-refractivity contribution >= 4 is 0 Å². The minimum atomic E-state index is -0.602. The zero-order valence-electron chi connectivity index (χ0n) is 6.09. The Morgan fingerprint density at radius 1 is 1.40 bits per heavy atom.